The molecule has 0 fully saturated rings. The van der Waals surface area contributed by atoms with E-state index in [0.717, 1.165) is 5.56 Å². The molecule has 1 aliphatic rings. The lowest BCUT2D eigenvalue weighted by Crippen LogP contribution is -2.31. The Labute approximate surface area is 172 Å². The molecular formula is C21H20ClNO6. The molecule has 0 aliphatic carbocycles. The van der Waals surface area contributed by atoms with Gasteiger partial charge in [0.05, 0.1) is 12.5 Å². The first kappa shape index (κ1) is 20.7. The van der Waals surface area contributed by atoms with E-state index in [9.17, 15) is 14.4 Å². The molecule has 0 radical (unpaired) electrons. The Morgan fingerprint density at radius 3 is 2.55 bits per heavy atom. The van der Waals surface area contributed by atoms with Gasteiger partial charge in [0.2, 0.25) is 6.79 Å². The van der Waals surface area contributed by atoms with Crippen LogP contribution in [0.15, 0.2) is 42.5 Å². The van der Waals surface area contributed by atoms with Crippen LogP contribution in [0.2, 0.25) is 5.02 Å². The van der Waals surface area contributed by atoms with Gasteiger partial charge in [-0.3, -0.25) is 14.4 Å². The van der Waals surface area contributed by atoms with Crippen molar-refractivity contribution in [2.24, 2.45) is 0 Å². The topological polar surface area (TPSA) is 90.9 Å². The van der Waals surface area contributed by atoms with Gasteiger partial charge in [-0.1, -0.05) is 17.7 Å². The molecule has 2 aromatic carbocycles. The van der Waals surface area contributed by atoms with Crippen molar-refractivity contribution >= 4 is 29.3 Å². The predicted molar refractivity (Wildman–Crippen MR) is 105 cm³/mol. The van der Waals surface area contributed by atoms with Crippen LogP contribution in [0.25, 0.3) is 0 Å². The third-order valence-electron chi connectivity index (χ3n) is 4.36. The van der Waals surface area contributed by atoms with Gasteiger partial charge in [-0.05, 0) is 48.9 Å². The highest BCUT2D eigenvalue weighted by molar-refractivity contribution is 6.30. The number of Topliss-reactive ketones (excluding diaryl/α,β-unsaturated/α-hetero) is 1. The van der Waals surface area contributed by atoms with Gasteiger partial charge in [-0.15, -0.1) is 0 Å². The molecule has 1 amide bonds. The average molecular weight is 418 g/mol. The van der Waals surface area contributed by atoms with Gasteiger partial charge < -0.3 is 19.5 Å². The second-order valence-corrected chi connectivity index (χ2v) is 6.93. The lowest BCUT2D eigenvalue weighted by molar-refractivity contribution is -0.148. The number of fused-ring (bicyclic) bond motifs is 1. The Balaban J connectivity index is 1.40. The van der Waals surface area contributed by atoms with Crippen molar-refractivity contribution < 1.29 is 28.6 Å². The first-order chi connectivity index (χ1) is 13.9. The maximum absolute atomic E-state index is 12.0. The maximum atomic E-state index is 12.0. The monoisotopic (exact) mass is 417 g/mol. The molecule has 0 aromatic heterocycles. The van der Waals surface area contributed by atoms with Gasteiger partial charge in [0.15, 0.2) is 23.9 Å². The molecule has 1 aliphatic heterocycles. The first-order valence-corrected chi connectivity index (χ1v) is 9.43. The van der Waals surface area contributed by atoms with Crippen LogP contribution in [0.4, 0.5) is 0 Å². The van der Waals surface area contributed by atoms with Crippen LogP contribution in [0, 0.1) is 0 Å². The van der Waals surface area contributed by atoms with Gasteiger partial charge in [-0.2, -0.15) is 0 Å². The van der Waals surface area contributed by atoms with Crippen LogP contribution in [-0.2, 0) is 14.3 Å². The summed E-state index contributed by atoms with van der Waals surface area (Å²) in [7, 11) is 0. The number of nitrogens with one attached hydrogen (secondary N) is 1. The highest BCUT2D eigenvalue weighted by Crippen LogP contribution is 2.34. The molecule has 0 bridgehead atoms. The van der Waals surface area contributed by atoms with E-state index < -0.39 is 18.5 Å². The second kappa shape index (κ2) is 9.43. The molecule has 0 saturated carbocycles. The van der Waals surface area contributed by atoms with Crippen molar-refractivity contribution in [2.45, 2.75) is 25.8 Å². The fourth-order valence-corrected chi connectivity index (χ4v) is 2.89. The summed E-state index contributed by atoms with van der Waals surface area (Å²) < 4.78 is 15.5. The average Bonchev–Trinajstić information content (AvgIpc) is 3.18. The van der Waals surface area contributed by atoms with Crippen LogP contribution in [-0.4, -0.2) is 31.1 Å². The summed E-state index contributed by atoms with van der Waals surface area (Å²) in [5.74, 6) is 0.0416. The van der Waals surface area contributed by atoms with Crippen molar-refractivity contribution in [3.05, 3.63) is 58.6 Å². The lowest BCUT2D eigenvalue weighted by Gasteiger charge is -2.15. The molecule has 0 saturated heterocycles. The minimum Gasteiger partial charge on any atom is -0.456 e. The van der Waals surface area contributed by atoms with E-state index in [4.69, 9.17) is 25.8 Å². The number of hydrogen-bond donors (Lipinski definition) is 1. The normalized spacial score (nSPS) is 12.9. The molecule has 8 heteroatoms. The van der Waals surface area contributed by atoms with Gasteiger partial charge in [-0.25, -0.2) is 0 Å². The summed E-state index contributed by atoms with van der Waals surface area (Å²) in [5, 5.41) is 3.28. The van der Waals surface area contributed by atoms with E-state index in [1.165, 1.54) is 0 Å². The summed E-state index contributed by atoms with van der Waals surface area (Å²) in [5.41, 5.74) is 1.31. The number of carbonyl (C=O) groups is 3. The van der Waals surface area contributed by atoms with E-state index in [0.29, 0.717) is 22.1 Å². The molecule has 152 valence electrons. The van der Waals surface area contributed by atoms with Crippen molar-refractivity contribution in [3.63, 3.8) is 0 Å². The minimum atomic E-state index is -0.613. The molecule has 2 aromatic rings. The summed E-state index contributed by atoms with van der Waals surface area (Å²) in [6, 6.07) is 11.5. The van der Waals surface area contributed by atoms with E-state index >= 15 is 0 Å². The Morgan fingerprint density at radius 2 is 1.79 bits per heavy atom. The summed E-state index contributed by atoms with van der Waals surface area (Å²) in [4.78, 5) is 35.9. The number of hydrogen-bond acceptors (Lipinski definition) is 6. The molecule has 1 atom stereocenters. The fraction of sp³-hybridized carbons (Fsp3) is 0.286. The fourth-order valence-electron chi connectivity index (χ4n) is 2.76. The quantitative estimate of drug-likeness (QED) is 0.522. The Hall–Kier alpha value is -3.06. The zero-order valence-corrected chi connectivity index (χ0v) is 16.5. The number of esters is 1. The highest BCUT2D eigenvalue weighted by atomic mass is 35.5. The van der Waals surface area contributed by atoms with E-state index in [1.54, 1.807) is 36.4 Å². The summed E-state index contributed by atoms with van der Waals surface area (Å²) in [6.07, 6.45) is -0.109. The van der Waals surface area contributed by atoms with E-state index in [-0.39, 0.29) is 31.5 Å². The van der Waals surface area contributed by atoms with Gasteiger partial charge in [0.1, 0.15) is 0 Å². The van der Waals surface area contributed by atoms with Crippen molar-refractivity contribution in [3.8, 4) is 11.5 Å². The Morgan fingerprint density at radius 1 is 1.07 bits per heavy atom. The third-order valence-corrected chi connectivity index (χ3v) is 4.61. The molecule has 29 heavy (non-hydrogen) atoms. The molecule has 1 N–H and O–H groups in total. The standard InChI is InChI=1S/C21H20ClNO6/c1-13(15-4-8-18-19(10-15)29-12-28-18)23-20(25)11-27-21(26)9-7-17(24)14-2-5-16(22)6-3-14/h2-6,8,10,13H,7,9,11-12H2,1H3,(H,23,25)/t13-/m0/s1. The van der Waals surface area contributed by atoms with Crippen LogP contribution < -0.4 is 14.8 Å². The van der Waals surface area contributed by atoms with Crippen LogP contribution in [0.3, 0.4) is 0 Å². The second-order valence-electron chi connectivity index (χ2n) is 6.49. The SMILES string of the molecule is C[C@H](NC(=O)COC(=O)CCC(=O)c1ccc(Cl)cc1)c1ccc2c(c1)OCO2. The van der Waals surface area contributed by atoms with Crippen molar-refractivity contribution in [1.29, 1.82) is 0 Å². The van der Waals surface area contributed by atoms with Gasteiger partial charge in [0, 0.05) is 17.0 Å². The zero-order valence-electron chi connectivity index (χ0n) is 15.8. The zero-order chi connectivity index (χ0) is 20.8. The third kappa shape index (κ3) is 5.71. The molecular weight excluding hydrogens is 398 g/mol. The highest BCUT2D eigenvalue weighted by Gasteiger charge is 2.18. The molecule has 7 nitrogen and oxygen atoms in total. The molecule has 0 spiro atoms. The van der Waals surface area contributed by atoms with Gasteiger partial charge in [0.25, 0.3) is 5.91 Å². The van der Waals surface area contributed by atoms with Crippen LogP contribution in [0.5, 0.6) is 11.5 Å². The summed E-state index contributed by atoms with van der Waals surface area (Å²) >= 11 is 5.78. The molecule has 1 heterocycles. The minimum absolute atomic E-state index is 0.00428. The number of halogens is 1. The largest absolute Gasteiger partial charge is 0.456 e. The number of rotatable bonds is 8. The van der Waals surface area contributed by atoms with E-state index in [1.807, 2.05) is 13.0 Å². The maximum Gasteiger partial charge on any atom is 0.306 e. The van der Waals surface area contributed by atoms with Crippen molar-refractivity contribution in [1.82, 2.24) is 5.32 Å². The number of carbonyl (C=O) groups excluding carboxylic acids is 3. The number of benzene rings is 2. The van der Waals surface area contributed by atoms with E-state index in [2.05, 4.69) is 5.32 Å². The smallest absolute Gasteiger partial charge is 0.306 e. The van der Waals surface area contributed by atoms with Crippen LogP contribution >= 0.6 is 11.6 Å². The molecule has 3 rings (SSSR count). The summed E-state index contributed by atoms with van der Waals surface area (Å²) in [6.45, 7) is 1.57. The predicted octanol–water partition coefficient (Wildman–Crippen LogP) is 3.45. The van der Waals surface area contributed by atoms with Crippen LogP contribution in [0.1, 0.15) is 41.7 Å². The number of ether oxygens (including phenoxy) is 3. The Bertz CT molecular complexity index is 912. The van der Waals surface area contributed by atoms with Crippen molar-refractivity contribution in [2.75, 3.05) is 13.4 Å². The number of amides is 1. The first-order valence-electron chi connectivity index (χ1n) is 9.05. The Kier molecular flexibility index (Phi) is 6.72. The van der Waals surface area contributed by atoms with Gasteiger partial charge >= 0.3 is 5.97 Å². The lowest BCUT2D eigenvalue weighted by atomic mass is 10.1. The number of ketones is 1. The molecule has 0 unspecified atom stereocenters.